The van der Waals surface area contributed by atoms with Crippen molar-refractivity contribution in [3.8, 4) is 0 Å². The predicted octanol–water partition coefficient (Wildman–Crippen LogP) is 1.89. The Balaban J connectivity index is 2.51. The molecule has 0 bridgehead atoms. The quantitative estimate of drug-likeness (QED) is 0.665. The zero-order valence-corrected chi connectivity index (χ0v) is 8.04. The summed E-state index contributed by atoms with van der Waals surface area (Å²) in [4.78, 5) is 12.8. The second-order valence-electron chi connectivity index (χ2n) is 3.57. The summed E-state index contributed by atoms with van der Waals surface area (Å²) < 4.78 is 0. The summed E-state index contributed by atoms with van der Waals surface area (Å²) in [6.07, 6.45) is 7.64. The molecule has 0 unspecified atom stereocenters. The van der Waals surface area contributed by atoms with Crippen molar-refractivity contribution < 1.29 is 4.79 Å². The highest BCUT2D eigenvalue weighted by Gasteiger charge is 2.22. The summed E-state index contributed by atoms with van der Waals surface area (Å²) in [5.41, 5.74) is 5.29. The van der Waals surface area contributed by atoms with Crippen molar-refractivity contribution >= 4 is 6.03 Å². The van der Waals surface area contributed by atoms with E-state index in [0.29, 0.717) is 12.6 Å². The van der Waals surface area contributed by atoms with E-state index in [-0.39, 0.29) is 6.03 Å². The summed E-state index contributed by atoms with van der Waals surface area (Å²) in [5, 5.41) is 0. The molecule has 0 atom stereocenters. The molecule has 3 heteroatoms. The maximum absolute atomic E-state index is 11.1. The molecule has 0 heterocycles. The van der Waals surface area contributed by atoms with Gasteiger partial charge in [-0.1, -0.05) is 25.3 Å². The maximum atomic E-state index is 11.1. The average molecular weight is 182 g/mol. The van der Waals surface area contributed by atoms with Crippen LogP contribution in [0.25, 0.3) is 0 Å². The van der Waals surface area contributed by atoms with Crippen LogP contribution in [0, 0.1) is 0 Å². The van der Waals surface area contributed by atoms with E-state index in [1.807, 2.05) is 0 Å². The number of primary amides is 1. The first kappa shape index (κ1) is 10.1. The molecule has 0 aromatic carbocycles. The second-order valence-corrected chi connectivity index (χ2v) is 3.57. The van der Waals surface area contributed by atoms with Crippen LogP contribution in [0.3, 0.4) is 0 Å². The molecule has 2 amide bonds. The fourth-order valence-electron chi connectivity index (χ4n) is 1.95. The minimum absolute atomic E-state index is 0.313. The number of carbonyl (C=O) groups is 1. The fraction of sp³-hybridized carbons (Fsp3) is 0.700. The highest BCUT2D eigenvalue weighted by Crippen LogP contribution is 2.22. The average Bonchev–Trinajstić information content (AvgIpc) is 2.15. The molecule has 0 spiro atoms. The number of nitrogens with two attached hydrogens (primary N) is 1. The molecular weight excluding hydrogens is 164 g/mol. The zero-order chi connectivity index (χ0) is 9.68. The molecule has 1 fully saturated rings. The van der Waals surface area contributed by atoms with Crippen LogP contribution in [0.5, 0.6) is 0 Å². The van der Waals surface area contributed by atoms with Gasteiger partial charge in [-0.2, -0.15) is 0 Å². The summed E-state index contributed by atoms with van der Waals surface area (Å²) in [5.74, 6) is 0. The van der Waals surface area contributed by atoms with Crippen LogP contribution in [0.1, 0.15) is 32.1 Å². The lowest BCUT2D eigenvalue weighted by Gasteiger charge is -2.32. The SMILES string of the molecule is C=CCN(C(N)=O)C1CCCCC1. The lowest BCUT2D eigenvalue weighted by atomic mass is 9.94. The Morgan fingerprint density at radius 2 is 2.08 bits per heavy atom. The largest absolute Gasteiger partial charge is 0.351 e. The molecular formula is C10H18N2O. The molecule has 1 aliphatic rings. The molecule has 74 valence electrons. The highest BCUT2D eigenvalue weighted by atomic mass is 16.2. The Morgan fingerprint density at radius 1 is 1.46 bits per heavy atom. The molecule has 0 aromatic heterocycles. The molecule has 1 aliphatic carbocycles. The number of urea groups is 1. The van der Waals surface area contributed by atoms with Crippen molar-refractivity contribution in [1.82, 2.24) is 4.90 Å². The Kier molecular flexibility index (Phi) is 3.80. The number of carbonyl (C=O) groups excluding carboxylic acids is 1. The summed E-state index contributed by atoms with van der Waals surface area (Å²) in [7, 11) is 0. The van der Waals surface area contributed by atoms with E-state index in [1.165, 1.54) is 19.3 Å². The van der Waals surface area contributed by atoms with Gasteiger partial charge in [0, 0.05) is 12.6 Å². The number of nitrogens with zero attached hydrogens (tertiary/aromatic N) is 1. The van der Waals surface area contributed by atoms with E-state index in [1.54, 1.807) is 11.0 Å². The van der Waals surface area contributed by atoms with Gasteiger partial charge in [0.2, 0.25) is 0 Å². The normalized spacial score (nSPS) is 18.2. The van der Waals surface area contributed by atoms with E-state index in [4.69, 9.17) is 5.73 Å². The van der Waals surface area contributed by atoms with Crippen LogP contribution in [0.2, 0.25) is 0 Å². The predicted molar refractivity (Wildman–Crippen MR) is 53.4 cm³/mol. The Hall–Kier alpha value is -0.990. The molecule has 0 aliphatic heterocycles. The van der Waals surface area contributed by atoms with Crippen molar-refractivity contribution in [2.24, 2.45) is 5.73 Å². The maximum Gasteiger partial charge on any atom is 0.315 e. The van der Waals surface area contributed by atoms with E-state index in [9.17, 15) is 4.79 Å². The second kappa shape index (κ2) is 4.90. The van der Waals surface area contributed by atoms with Gasteiger partial charge in [0.25, 0.3) is 0 Å². The fourth-order valence-corrected chi connectivity index (χ4v) is 1.95. The summed E-state index contributed by atoms with van der Waals surface area (Å²) in [6, 6.07) is 0.0380. The first-order valence-corrected chi connectivity index (χ1v) is 4.92. The summed E-state index contributed by atoms with van der Waals surface area (Å²) in [6.45, 7) is 4.21. The number of amides is 2. The van der Waals surface area contributed by atoms with Gasteiger partial charge in [0.15, 0.2) is 0 Å². The molecule has 1 saturated carbocycles. The van der Waals surface area contributed by atoms with Gasteiger partial charge in [-0.05, 0) is 12.8 Å². The van der Waals surface area contributed by atoms with Crippen LogP contribution < -0.4 is 5.73 Å². The smallest absolute Gasteiger partial charge is 0.315 e. The van der Waals surface area contributed by atoms with Crippen LogP contribution in [0.4, 0.5) is 4.79 Å². The number of rotatable bonds is 3. The molecule has 0 saturated heterocycles. The molecule has 1 rings (SSSR count). The molecule has 13 heavy (non-hydrogen) atoms. The third-order valence-electron chi connectivity index (χ3n) is 2.62. The topological polar surface area (TPSA) is 46.3 Å². The van der Waals surface area contributed by atoms with Gasteiger partial charge < -0.3 is 10.6 Å². The lowest BCUT2D eigenvalue weighted by molar-refractivity contribution is 0.173. The van der Waals surface area contributed by atoms with Crippen LogP contribution in [-0.4, -0.2) is 23.5 Å². The van der Waals surface area contributed by atoms with E-state index >= 15 is 0 Å². The van der Waals surface area contributed by atoms with Gasteiger partial charge in [-0.3, -0.25) is 0 Å². The molecule has 0 radical (unpaired) electrons. The Bertz CT molecular complexity index is 185. The van der Waals surface area contributed by atoms with Crippen molar-refractivity contribution in [3.63, 3.8) is 0 Å². The third kappa shape index (κ3) is 2.76. The molecule has 3 nitrogen and oxygen atoms in total. The van der Waals surface area contributed by atoms with Gasteiger partial charge >= 0.3 is 6.03 Å². The number of hydrogen-bond donors (Lipinski definition) is 1. The van der Waals surface area contributed by atoms with Gasteiger partial charge in [0.1, 0.15) is 0 Å². The minimum Gasteiger partial charge on any atom is -0.351 e. The Morgan fingerprint density at radius 3 is 2.54 bits per heavy atom. The summed E-state index contributed by atoms with van der Waals surface area (Å²) >= 11 is 0. The van der Waals surface area contributed by atoms with Crippen molar-refractivity contribution in [1.29, 1.82) is 0 Å². The number of hydrogen-bond acceptors (Lipinski definition) is 1. The van der Waals surface area contributed by atoms with Crippen molar-refractivity contribution in [2.75, 3.05) is 6.54 Å². The third-order valence-corrected chi connectivity index (χ3v) is 2.62. The standard InChI is InChI=1S/C10H18N2O/c1-2-8-12(10(11)13)9-6-4-3-5-7-9/h2,9H,1,3-8H2,(H2,11,13). The van der Waals surface area contributed by atoms with Gasteiger partial charge in [0.05, 0.1) is 0 Å². The molecule has 2 N–H and O–H groups in total. The molecule has 0 aromatic rings. The zero-order valence-electron chi connectivity index (χ0n) is 8.04. The van der Waals surface area contributed by atoms with Crippen molar-refractivity contribution in [3.05, 3.63) is 12.7 Å². The van der Waals surface area contributed by atoms with Crippen LogP contribution >= 0.6 is 0 Å². The van der Waals surface area contributed by atoms with Crippen LogP contribution in [-0.2, 0) is 0 Å². The lowest BCUT2D eigenvalue weighted by Crippen LogP contribution is -2.44. The van der Waals surface area contributed by atoms with Crippen LogP contribution in [0.15, 0.2) is 12.7 Å². The van der Waals surface area contributed by atoms with E-state index in [0.717, 1.165) is 12.8 Å². The Labute approximate surface area is 79.6 Å². The minimum atomic E-state index is -0.313. The highest BCUT2D eigenvalue weighted by molar-refractivity contribution is 5.72. The van der Waals surface area contributed by atoms with E-state index in [2.05, 4.69) is 6.58 Å². The van der Waals surface area contributed by atoms with Gasteiger partial charge in [-0.25, -0.2) is 4.79 Å². The van der Waals surface area contributed by atoms with Gasteiger partial charge in [-0.15, -0.1) is 6.58 Å². The van der Waals surface area contributed by atoms with E-state index < -0.39 is 0 Å². The monoisotopic (exact) mass is 182 g/mol. The first-order chi connectivity index (χ1) is 6.25. The van der Waals surface area contributed by atoms with Crippen molar-refractivity contribution in [2.45, 2.75) is 38.1 Å². The first-order valence-electron chi connectivity index (χ1n) is 4.92.